The molecular weight excluding hydrogens is 254 g/mol. The van der Waals surface area contributed by atoms with E-state index >= 15 is 0 Å². The van der Waals surface area contributed by atoms with E-state index in [0.29, 0.717) is 0 Å². The fraction of sp³-hybridized carbons (Fsp3) is 0.400. The molecule has 2 rings (SSSR count). The van der Waals surface area contributed by atoms with E-state index < -0.39 is 0 Å². The molecule has 0 saturated heterocycles. The third-order valence-electron chi connectivity index (χ3n) is 4.16. The van der Waals surface area contributed by atoms with Crippen LogP contribution >= 0.6 is 0 Å². The number of hydrogen-bond acceptors (Lipinski definition) is 1. The second-order valence-corrected chi connectivity index (χ2v) is 7.01. The summed E-state index contributed by atoms with van der Waals surface area (Å²) >= 11 is 0. The molecule has 0 amide bonds. The predicted octanol–water partition coefficient (Wildman–Crippen LogP) is 5.52. The summed E-state index contributed by atoms with van der Waals surface area (Å²) in [6.07, 6.45) is 0. The second-order valence-electron chi connectivity index (χ2n) is 7.01. The molecule has 0 atom stereocenters. The van der Waals surface area contributed by atoms with Crippen LogP contribution in [0.25, 0.3) is 0 Å². The van der Waals surface area contributed by atoms with Gasteiger partial charge >= 0.3 is 0 Å². The number of nitrogens with one attached hydrogen (secondary N) is 1. The summed E-state index contributed by atoms with van der Waals surface area (Å²) in [5.41, 5.74) is 8.23. The van der Waals surface area contributed by atoms with Gasteiger partial charge in [0.05, 0.1) is 0 Å². The van der Waals surface area contributed by atoms with Gasteiger partial charge in [-0.1, -0.05) is 51.1 Å². The molecular formula is C20H27N. The van der Waals surface area contributed by atoms with Crippen molar-refractivity contribution in [3.05, 3.63) is 64.2 Å². The highest BCUT2D eigenvalue weighted by molar-refractivity contribution is 5.54. The molecule has 0 fully saturated rings. The molecule has 0 unspecified atom stereocenters. The molecule has 2 aromatic rings. The first kappa shape index (κ1) is 15.6. The van der Waals surface area contributed by atoms with Crippen molar-refractivity contribution in [2.24, 2.45) is 0 Å². The molecule has 0 bridgehead atoms. The van der Waals surface area contributed by atoms with Crippen LogP contribution in [0.4, 0.5) is 5.69 Å². The van der Waals surface area contributed by atoms with E-state index in [1.165, 1.54) is 33.5 Å². The first-order valence-corrected chi connectivity index (χ1v) is 7.69. The third kappa shape index (κ3) is 3.66. The lowest BCUT2D eigenvalue weighted by Gasteiger charge is -2.23. The van der Waals surface area contributed by atoms with Crippen LogP contribution < -0.4 is 5.32 Å². The monoisotopic (exact) mass is 281 g/mol. The second kappa shape index (κ2) is 5.93. The Morgan fingerprint density at radius 1 is 0.857 bits per heavy atom. The molecule has 21 heavy (non-hydrogen) atoms. The minimum absolute atomic E-state index is 0.155. The van der Waals surface area contributed by atoms with Gasteiger partial charge in [-0.05, 0) is 60.1 Å². The summed E-state index contributed by atoms with van der Waals surface area (Å²) in [6.45, 7) is 14.2. The first-order valence-electron chi connectivity index (χ1n) is 7.69. The first-order chi connectivity index (χ1) is 9.79. The molecule has 0 aromatic heterocycles. The van der Waals surface area contributed by atoms with E-state index in [1.54, 1.807) is 0 Å². The highest BCUT2D eigenvalue weighted by atomic mass is 14.9. The average Bonchev–Trinajstić information content (AvgIpc) is 2.41. The number of aryl methyl sites for hydroxylation is 3. The molecule has 0 saturated carbocycles. The van der Waals surface area contributed by atoms with Crippen molar-refractivity contribution >= 4 is 5.69 Å². The molecule has 112 valence electrons. The van der Waals surface area contributed by atoms with Crippen molar-refractivity contribution in [3.8, 4) is 0 Å². The fourth-order valence-corrected chi connectivity index (χ4v) is 2.69. The minimum atomic E-state index is 0.155. The van der Waals surface area contributed by atoms with Crippen LogP contribution in [0.2, 0.25) is 0 Å². The van der Waals surface area contributed by atoms with Crippen LogP contribution in [0.15, 0.2) is 36.4 Å². The zero-order chi connectivity index (χ0) is 15.6. The van der Waals surface area contributed by atoms with E-state index in [2.05, 4.69) is 83.3 Å². The van der Waals surface area contributed by atoms with Gasteiger partial charge in [0.25, 0.3) is 0 Å². The van der Waals surface area contributed by atoms with Gasteiger partial charge in [0.1, 0.15) is 0 Å². The van der Waals surface area contributed by atoms with Crippen LogP contribution in [-0.4, -0.2) is 0 Å². The average molecular weight is 281 g/mol. The van der Waals surface area contributed by atoms with Crippen molar-refractivity contribution in [3.63, 3.8) is 0 Å². The lowest BCUT2D eigenvalue weighted by molar-refractivity contribution is 0.591. The Morgan fingerprint density at radius 2 is 1.48 bits per heavy atom. The molecule has 0 aliphatic heterocycles. The van der Waals surface area contributed by atoms with E-state index in [4.69, 9.17) is 0 Å². The summed E-state index contributed by atoms with van der Waals surface area (Å²) < 4.78 is 0. The summed E-state index contributed by atoms with van der Waals surface area (Å²) in [5.74, 6) is 0. The standard InChI is InChI=1S/C20H27N/c1-14-11-16(3)17(12-15(14)2)13-21-19-10-8-7-9-18(19)20(4,5)6/h7-12,21H,13H2,1-6H3. The predicted molar refractivity (Wildman–Crippen MR) is 93.1 cm³/mol. The number of anilines is 1. The van der Waals surface area contributed by atoms with Gasteiger partial charge in [-0.15, -0.1) is 0 Å². The van der Waals surface area contributed by atoms with E-state index in [9.17, 15) is 0 Å². The van der Waals surface area contributed by atoms with Gasteiger partial charge in [-0.2, -0.15) is 0 Å². The van der Waals surface area contributed by atoms with Gasteiger partial charge in [-0.3, -0.25) is 0 Å². The van der Waals surface area contributed by atoms with E-state index in [0.717, 1.165) is 6.54 Å². The lowest BCUT2D eigenvalue weighted by atomic mass is 9.86. The van der Waals surface area contributed by atoms with Crippen molar-refractivity contribution in [1.29, 1.82) is 0 Å². The lowest BCUT2D eigenvalue weighted by Crippen LogP contribution is -2.15. The third-order valence-corrected chi connectivity index (χ3v) is 4.16. The quantitative estimate of drug-likeness (QED) is 0.781. The Morgan fingerprint density at radius 3 is 2.14 bits per heavy atom. The van der Waals surface area contributed by atoms with Crippen LogP contribution in [0, 0.1) is 20.8 Å². The molecule has 0 heterocycles. The number of rotatable bonds is 3. The van der Waals surface area contributed by atoms with E-state index in [1.807, 2.05) is 0 Å². The van der Waals surface area contributed by atoms with Gasteiger partial charge in [0.2, 0.25) is 0 Å². The van der Waals surface area contributed by atoms with Gasteiger partial charge in [0, 0.05) is 12.2 Å². The zero-order valence-electron chi connectivity index (χ0n) is 14.2. The minimum Gasteiger partial charge on any atom is -0.381 e. The van der Waals surface area contributed by atoms with E-state index in [-0.39, 0.29) is 5.41 Å². The van der Waals surface area contributed by atoms with Crippen LogP contribution in [0.5, 0.6) is 0 Å². The molecule has 1 N–H and O–H groups in total. The summed E-state index contributed by atoms with van der Waals surface area (Å²) in [7, 11) is 0. The van der Waals surface area contributed by atoms with Crippen LogP contribution in [0.3, 0.4) is 0 Å². The number of para-hydroxylation sites is 1. The highest BCUT2D eigenvalue weighted by Crippen LogP contribution is 2.29. The molecule has 1 nitrogen and oxygen atoms in total. The van der Waals surface area contributed by atoms with Crippen molar-refractivity contribution in [1.82, 2.24) is 0 Å². The molecule has 0 aliphatic carbocycles. The zero-order valence-corrected chi connectivity index (χ0v) is 14.2. The molecule has 0 aliphatic rings. The number of benzene rings is 2. The molecule has 2 aromatic carbocycles. The molecule has 0 spiro atoms. The Hall–Kier alpha value is -1.76. The SMILES string of the molecule is Cc1cc(C)c(CNc2ccccc2C(C)(C)C)cc1C. The van der Waals surface area contributed by atoms with Gasteiger partial charge in [-0.25, -0.2) is 0 Å². The Bertz CT molecular complexity index is 633. The van der Waals surface area contributed by atoms with Crippen molar-refractivity contribution in [2.45, 2.75) is 53.5 Å². The Kier molecular flexibility index (Phi) is 4.41. The van der Waals surface area contributed by atoms with Crippen LogP contribution in [0.1, 0.15) is 48.6 Å². The summed E-state index contributed by atoms with van der Waals surface area (Å²) in [4.78, 5) is 0. The molecule has 0 radical (unpaired) electrons. The maximum absolute atomic E-state index is 3.62. The smallest absolute Gasteiger partial charge is 0.0403 e. The van der Waals surface area contributed by atoms with Crippen LogP contribution in [-0.2, 0) is 12.0 Å². The highest BCUT2D eigenvalue weighted by Gasteiger charge is 2.17. The van der Waals surface area contributed by atoms with Crippen molar-refractivity contribution in [2.75, 3.05) is 5.32 Å². The maximum atomic E-state index is 3.62. The topological polar surface area (TPSA) is 12.0 Å². The normalized spacial score (nSPS) is 11.5. The summed E-state index contributed by atoms with van der Waals surface area (Å²) in [5, 5.41) is 3.62. The Balaban J connectivity index is 2.23. The Labute approximate surface area is 129 Å². The van der Waals surface area contributed by atoms with Gasteiger partial charge < -0.3 is 5.32 Å². The van der Waals surface area contributed by atoms with Gasteiger partial charge in [0.15, 0.2) is 0 Å². The number of hydrogen-bond donors (Lipinski definition) is 1. The summed E-state index contributed by atoms with van der Waals surface area (Å²) in [6, 6.07) is 13.2. The fourth-order valence-electron chi connectivity index (χ4n) is 2.69. The molecule has 1 heteroatoms. The van der Waals surface area contributed by atoms with Crippen molar-refractivity contribution < 1.29 is 0 Å². The maximum Gasteiger partial charge on any atom is 0.0403 e. The largest absolute Gasteiger partial charge is 0.381 e.